The number of thiophene rings is 1. The van der Waals surface area contributed by atoms with Gasteiger partial charge in [-0.2, -0.15) is 0 Å². The molecule has 1 saturated carbocycles. The summed E-state index contributed by atoms with van der Waals surface area (Å²) >= 11 is 6.84. The van der Waals surface area contributed by atoms with Gasteiger partial charge in [0, 0.05) is 37.0 Å². The molecule has 3 rings (SSSR count). The van der Waals surface area contributed by atoms with Crippen molar-refractivity contribution in [3.05, 3.63) is 16.5 Å². The fourth-order valence-electron chi connectivity index (χ4n) is 4.75. The van der Waals surface area contributed by atoms with Crippen molar-refractivity contribution in [1.82, 2.24) is 10.2 Å². The summed E-state index contributed by atoms with van der Waals surface area (Å²) in [6, 6.07) is 1.73. The zero-order valence-corrected chi connectivity index (χ0v) is 20.7. The summed E-state index contributed by atoms with van der Waals surface area (Å²) in [5.74, 6) is 0.0964. The number of piperidine rings is 1. The molecule has 31 heavy (non-hydrogen) atoms. The van der Waals surface area contributed by atoms with Crippen LogP contribution in [0.15, 0.2) is 6.07 Å². The molecule has 0 bridgehead atoms. The molecule has 1 amide bonds. The van der Waals surface area contributed by atoms with E-state index < -0.39 is 5.97 Å². The standard InChI is InChI=1S/C23H35N3O3S2/c1-14(2)26(20(27)17-7-5-15(3)6-8-17)21-18(22(28)29)13-19(31-21)16-9-11-25(12-10-16)23(30)24-4/h13-17H,5-12H2,1-4H3,(H,24,30)(H,28,29)/t15-,17-. The maximum atomic E-state index is 13.5. The summed E-state index contributed by atoms with van der Waals surface area (Å²) in [6.07, 6.45) is 5.78. The molecule has 2 aliphatic rings. The minimum atomic E-state index is -0.956. The first-order valence-electron chi connectivity index (χ1n) is 11.4. The molecule has 2 N–H and O–H groups in total. The minimum Gasteiger partial charge on any atom is -0.478 e. The van der Waals surface area contributed by atoms with Crippen molar-refractivity contribution in [3.8, 4) is 0 Å². The number of carboxylic acid groups (broad SMARTS) is 1. The normalized spacial score (nSPS) is 22.4. The van der Waals surface area contributed by atoms with Gasteiger partial charge in [0.05, 0.1) is 5.56 Å². The third kappa shape index (κ3) is 5.40. The van der Waals surface area contributed by atoms with Crippen molar-refractivity contribution in [2.75, 3.05) is 25.0 Å². The Bertz CT molecular complexity index is 807. The van der Waals surface area contributed by atoms with E-state index >= 15 is 0 Å². The number of thiocarbonyl (C=S) groups is 1. The SMILES string of the molecule is CNC(=S)N1CCC(c2cc(C(=O)O)c(N(C(=O)[C@H]3CC[C@H](C)CC3)C(C)C)s2)CC1. The highest BCUT2D eigenvalue weighted by Gasteiger charge is 2.34. The molecule has 0 aromatic carbocycles. The Labute approximate surface area is 195 Å². The number of nitrogens with one attached hydrogen (secondary N) is 1. The molecule has 1 aromatic heterocycles. The minimum absolute atomic E-state index is 0.00316. The molecule has 0 unspecified atom stereocenters. The lowest BCUT2D eigenvalue weighted by Gasteiger charge is -2.33. The van der Waals surface area contributed by atoms with E-state index in [2.05, 4.69) is 17.1 Å². The van der Waals surface area contributed by atoms with Crippen molar-refractivity contribution >= 4 is 45.5 Å². The van der Waals surface area contributed by atoms with E-state index in [1.165, 1.54) is 11.3 Å². The third-order valence-corrected chi connectivity index (χ3v) is 8.46. The molecule has 6 nitrogen and oxygen atoms in total. The number of carbonyl (C=O) groups is 2. The summed E-state index contributed by atoms with van der Waals surface area (Å²) in [6.45, 7) is 7.90. The quantitative estimate of drug-likeness (QED) is 0.614. The van der Waals surface area contributed by atoms with Gasteiger partial charge >= 0.3 is 5.97 Å². The Morgan fingerprint density at radius 1 is 1.19 bits per heavy atom. The lowest BCUT2D eigenvalue weighted by molar-refractivity contribution is -0.123. The average Bonchev–Trinajstić information content (AvgIpc) is 3.18. The first-order valence-corrected chi connectivity index (χ1v) is 12.6. The van der Waals surface area contributed by atoms with Gasteiger partial charge in [-0.05, 0) is 82.5 Å². The Kier molecular flexibility index (Phi) is 7.97. The molecule has 1 aliphatic heterocycles. The van der Waals surface area contributed by atoms with Crippen LogP contribution in [-0.4, -0.2) is 53.2 Å². The van der Waals surface area contributed by atoms with E-state index in [0.29, 0.717) is 16.8 Å². The Morgan fingerprint density at radius 3 is 2.32 bits per heavy atom. The van der Waals surface area contributed by atoms with E-state index in [-0.39, 0.29) is 23.4 Å². The first kappa shape index (κ1) is 24.0. The highest BCUT2D eigenvalue weighted by Crippen LogP contribution is 2.42. The number of carboxylic acids is 1. The maximum Gasteiger partial charge on any atom is 0.338 e. The van der Waals surface area contributed by atoms with Crippen LogP contribution in [0, 0.1) is 11.8 Å². The van der Waals surface area contributed by atoms with Crippen molar-refractivity contribution in [2.45, 2.75) is 71.3 Å². The molecule has 1 saturated heterocycles. The zero-order chi connectivity index (χ0) is 22.7. The van der Waals surface area contributed by atoms with Gasteiger partial charge in [-0.25, -0.2) is 4.79 Å². The predicted octanol–water partition coefficient (Wildman–Crippen LogP) is 4.70. The van der Waals surface area contributed by atoms with Crippen LogP contribution >= 0.6 is 23.6 Å². The molecular formula is C23H35N3O3S2. The van der Waals surface area contributed by atoms with Gasteiger partial charge in [0.25, 0.3) is 0 Å². The molecule has 8 heteroatoms. The topological polar surface area (TPSA) is 72.9 Å². The van der Waals surface area contributed by atoms with Crippen LogP contribution in [0.5, 0.6) is 0 Å². The maximum absolute atomic E-state index is 13.5. The van der Waals surface area contributed by atoms with Crippen molar-refractivity contribution in [3.63, 3.8) is 0 Å². The van der Waals surface area contributed by atoms with E-state index in [1.54, 1.807) is 4.90 Å². The Balaban J connectivity index is 1.83. The average molecular weight is 466 g/mol. The summed E-state index contributed by atoms with van der Waals surface area (Å²) in [7, 11) is 1.84. The van der Waals surface area contributed by atoms with Gasteiger partial charge in [-0.15, -0.1) is 11.3 Å². The number of likely N-dealkylation sites (tertiary alicyclic amines) is 1. The summed E-state index contributed by atoms with van der Waals surface area (Å²) in [4.78, 5) is 30.6. The monoisotopic (exact) mass is 465 g/mol. The highest BCUT2D eigenvalue weighted by atomic mass is 32.1. The van der Waals surface area contributed by atoms with Crippen molar-refractivity contribution in [1.29, 1.82) is 0 Å². The molecule has 0 spiro atoms. The Morgan fingerprint density at radius 2 is 1.81 bits per heavy atom. The van der Waals surface area contributed by atoms with Crippen LogP contribution in [0.1, 0.15) is 80.4 Å². The summed E-state index contributed by atoms with van der Waals surface area (Å²) in [5, 5.41) is 14.3. The fraction of sp³-hybridized carbons (Fsp3) is 0.696. The summed E-state index contributed by atoms with van der Waals surface area (Å²) in [5.41, 5.74) is 0.263. The lowest BCUT2D eigenvalue weighted by Crippen LogP contribution is -2.42. The molecule has 2 fully saturated rings. The second-order valence-corrected chi connectivity index (χ2v) is 10.7. The summed E-state index contributed by atoms with van der Waals surface area (Å²) < 4.78 is 0. The van der Waals surface area contributed by atoms with Gasteiger partial charge < -0.3 is 20.2 Å². The number of hydrogen-bond donors (Lipinski definition) is 2. The second-order valence-electron chi connectivity index (χ2n) is 9.25. The van der Waals surface area contributed by atoms with Crippen LogP contribution in [0.2, 0.25) is 0 Å². The predicted molar refractivity (Wildman–Crippen MR) is 130 cm³/mol. The van der Waals surface area contributed by atoms with E-state index in [4.69, 9.17) is 12.2 Å². The van der Waals surface area contributed by atoms with Crippen molar-refractivity contribution < 1.29 is 14.7 Å². The molecule has 2 heterocycles. The smallest absolute Gasteiger partial charge is 0.338 e. The number of rotatable bonds is 5. The van der Waals surface area contributed by atoms with Crippen LogP contribution in [0.25, 0.3) is 0 Å². The van der Waals surface area contributed by atoms with Gasteiger partial charge in [-0.1, -0.05) is 6.92 Å². The highest BCUT2D eigenvalue weighted by molar-refractivity contribution is 7.80. The number of nitrogens with zero attached hydrogens (tertiary/aromatic N) is 2. The number of aromatic carboxylic acids is 1. The molecule has 1 aromatic rings. The van der Waals surface area contributed by atoms with Crippen LogP contribution in [-0.2, 0) is 4.79 Å². The zero-order valence-electron chi connectivity index (χ0n) is 19.0. The molecular weight excluding hydrogens is 430 g/mol. The molecule has 0 atom stereocenters. The Hall–Kier alpha value is -1.67. The number of carbonyl (C=O) groups excluding carboxylic acids is 1. The van der Waals surface area contributed by atoms with Crippen LogP contribution < -0.4 is 10.2 Å². The van der Waals surface area contributed by atoms with Gasteiger partial charge in [0.2, 0.25) is 5.91 Å². The van der Waals surface area contributed by atoms with Crippen LogP contribution in [0.4, 0.5) is 5.00 Å². The van der Waals surface area contributed by atoms with Gasteiger partial charge in [0.15, 0.2) is 5.11 Å². The molecule has 0 radical (unpaired) electrons. The van der Waals surface area contributed by atoms with E-state index in [9.17, 15) is 14.7 Å². The molecule has 1 aliphatic carbocycles. The van der Waals surface area contributed by atoms with E-state index in [1.807, 2.05) is 27.0 Å². The van der Waals surface area contributed by atoms with Gasteiger partial charge in [0.1, 0.15) is 5.00 Å². The van der Waals surface area contributed by atoms with E-state index in [0.717, 1.165) is 61.6 Å². The van der Waals surface area contributed by atoms with Crippen LogP contribution in [0.3, 0.4) is 0 Å². The number of hydrogen-bond acceptors (Lipinski definition) is 4. The fourth-order valence-corrected chi connectivity index (χ4v) is 6.39. The van der Waals surface area contributed by atoms with Gasteiger partial charge in [-0.3, -0.25) is 4.79 Å². The largest absolute Gasteiger partial charge is 0.478 e. The first-order chi connectivity index (χ1) is 14.7. The molecule has 172 valence electrons. The second kappa shape index (κ2) is 10.3. The van der Waals surface area contributed by atoms with Crippen molar-refractivity contribution in [2.24, 2.45) is 11.8 Å². The number of amides is 1. The third-order valence-electron chi connectivity index (χ3n) is 6.70. The lowest BCUT2D eigenvalue weighted by atomic mass is 9.82. The number of anilines is 1.